The predicted octanol–water partition coefficient (Wildman–Crippen LogP) is 2.66. The number of rotatable bonds is 6. The van der Waals surface area contributed by atoms with Crippen LogP contribution in [-0.2, 0) is 4.74 Å². The van der Waals surface area contributed by atoms with Crippen LogP contribution >= 0.6 is 0 Å². The van der Waals surface area contributed by atoms with Crippen LogP contribution in [0.3, 0.4) is 0 Å². The van der Waals surface area contributed by atoms with Crippen LogP contribution in [0.1, 0.15) is 36.5 Å². The Morgan fingerprint density at radius 2 is 2.12 bits per heavy atom. The van der Waals surface area contributed by atoms with Gasteiger partial charge in [0.25, 0.3) is 5.91 Å². The Kier molecular flexibility index (Phi) is 6.70. The Balaban J connectivity index is 1.54. The Labute approximate surface area is 150 Å². The van der Waals surface area contributed by atoms with Gasteiger partial charge in [-0.2, -0.15) is 0 Å². The van der Waals surface area contributed by atoms with E-state index in [1.807, 2.05) is 36.1 Å². The van der Waals surface area contributed by atoms with Crippen molar-refractivity contribution in [1.29, 1.82) is 0 Å². The summed E-state index contributed by atoms with van der Waals surface area (Å²) < 4.78 is 11.1. The number of amides is 1. The molecule has 0 spiro atoms. The minimum absolute atomic E-state index is 0.0927. The summed E-state index contributed by atoms with van der Waals surface area (Å²) in [7, 11) is 0. The van der Waals surface area contributed by atoms with E-state index in [-0.39, 0.29) is 5.91 Å². The van der Waals surface area contributed by atoms with Crippen LogP contribution in [0.4, 0.5) is 0 Å². The summed E-state index contributed by atoms with van der Waals surface area (Å²) in [5.74, 6) is 1.51. The van der Waals surface area contributed by atoms with Crippen molar-refractivity contribution in [2.75, 3.05) is 52.5 Å². The van der Waals surface area contributed by atoms with Crippen LogP contribution in [0.5, 0.6) is 5.75 Å². The summed E-state index contributed by atoms with van der Waals surface area (Å²) in [4.78, 5) is 17.4. The van der Waals surface area contributed by atoms with Gasteiger partial charge in [-0.3, -0.25) is 4.79 Å². The van der Waals surface area contributed by atoms with Crippen molar-refractivity contribution in [3.8, 4) is 5.75 Å². The van der Waals surface area contributed by atoms with Crippen LogP contribution in [0.15, 0.2) is 24.3 Å². The fraction of sp³-hybridized carbons (Fsp3) is 0.650. The van der Waals surface area contributed by atoms with Gasteiger partial charge < -0.3 is 19.3 Å². The molecule has 5 heteroatoms. The lowest BCUT2D eigenvalue weighted by Crippen LogP contribution is -2.35. The zero-order valence-electron chi connectivity index (χ0n) is 15.3. The SMILES string of the molecule is CCOc1ccccc1C(=O)N1CCCN(CCC2CCOC2)CC1. The van der Waals surface area contributed by atoms with Gasteiger partial charge in [-0.15, -0.1) is 0 Å². The van der Waals surface area contributed by atoms with Crippen molar-refractivity contribution < 1.29 is 14.3 Å². The summed E-state index contributed by atoms with van der Waals surface area (Å²) in [5.41, 5.74) is 0.681. The maximum absolute atomic E-state index is 12.9. The largest absolute Gasteiger partial charge is 0.493 e. The molecule has 2 aliphatic heterocycles. The molecule has 0 N–H and O–H groups in total. The molecule has 2 aliphatic rings. The molecule has 0 radical (unpaired) electrons. The quantitative estimate of drug-likeness (QED) is 0.794. The fourth-order valence-electron chi connectivity index (χ4n) is 3.67. The van der Waals surface area contributed by atoms with Gasteiger partial charge >= 0.3 is 0 Å². The summed E-state index contributed by atoms with van der Waals surface area (Å²) in [6.45, 7) is 9.12. The maximum Gasteiger partial charge on any atom is 0.257 e. The average molecular weight is 346 g/mol. The van der Waals surface area contributed by atoms with Gasteiger partial charge in [0.1, 0.15) is 5.75 Å². The third-order valence-corrected chi connectivity index (χ3v) is 5.17. The van der Waals surface area contributed by atoms with Crippen molar-refractivity contribution in [2.45, 2.75) is 26.2 Å². The van der Waals surface area contributed by atoms with Crippen LogP contribution in [0.25, 0.3) is 0 Å². The van der Waals surface area contributed by atoms with Gasteiger partial charge in [0.2, 0.25) is 0 Å². The molecule has 5 nitrogen and oxygen atoms in total. The highest BCUT2D eigenvalue weighted by Gasteiger charge is 2.23. The van der Waals surface area contributed by atoms with Gasteiger partial charge in [0.15, 0.2) is 0 Å². The van der Waals surface area contributed by atoms with E-state index >= 15 is 0 Å². The van der Waals surface area contributed by atoms with E-state index in [1.165, 1.54) is 12.8 Å². The van der Waals surface area contributed by atoms with Crippen LogP contribution in [0, 0.1) is 5.92 Å². The van der Waals surface area contributed by atoms with E-state index < -0.39 is 0 Å². The first kappa shape index (κ1) is 18.2. The first-order valence-electron chi connectivity index (χ1n) is 9.59. The first-order chi connectivity index (χ1) is 12.3. The molecule has 1 unspecified atom stereocenters. The smallest absolute Gasteiger partial charge is 0.257 e. The summed E-state index contributed by atoms with van der Waals surface area (Å²) in [6, 6.07) is 7.57. The molecule has 2 fully saturated rings. The average Bonchev–Trinajstić information content (AvgIpc) is 3.04. The molecule has 1 aromatic carbocycles. The molecule has 2 heterocycles. The normalized spacial score (nSPS) is 22.0. The lowest BCUT2D eigenvalue weighted by atomic mass is 10.1. The summed E-state index contributed by atoms with van der Waals surface area (Å²) in [6.07, 6.45) is 3.44. The number of benzene rings is 1. The molecule has 138 valence electrons. The van der Waals surface area contributed by atoms with E-state index in [1.54, 1.807) is 0 Å². The number of nitrogens with zero attached hydrogens (tertiary/aromatic N) is 2. The molecule has 3 rings (SSSR count). The standard InChI is InChI=1S/C20H30N2O3/c1-2-25-19-7-4-3-6-18(19)20(23)22-11-5-10-21(13-14-22)12-8-17-9-15-24-16-17/h3-4,6-7,17H,2,5,8-16H2,1H3. The van der Waals surface area contributed by atoms with Gasteiger partial charge in [-0.1, -0.05) is 12.1 Å². The molecule has 0 aliphatic carbocycles. The fourth-order valence-corrected chi connectivity index (χ4v) is 3.67. The second-order valence-corrected chi connectivity index (χ2v) is 6.93. The van der Waals surface area contributed by atoms with Gasteiger partial charge in [0.05, 0.1) is 12.2 Å². The zero-order valence-corrected chi connectivity index (χ0v) is 15.3. The Morgan fingerprint density at radius 1 is 1.24 bits per heavy atom. The van der Waals surface area contributed by atoms with Crippen molar-refractivity contribution in [3.05, 3.63) is 29.8 Å². The van der Waals surface area contributed by atoms with E-state index in [4.69, 9.17) is 9.47 Å². The highest BCUT2D eigenvalue weighted by Crippen LogP contribution is 2.21. The molecule has 0 saturated carbocycles. The van der Waals surface area contributed by atoms with Gasteiger partial charge in [0, 0.05) is 32.8 Å². The Bertz CT molecular complexity index is 558. The molecular formula is C20H30N2O3. The van der Waals surface area contributed by atoms with E-state index in [0.29, 0.717) is 17.9 Å². The van der Waals surface area contributed by atoms with Gasteiger partial charge in [-0.05, 0) is 57.3 Å². The van der Waals surface area contributed by atoms with Crippen molar-refractivity contribution in [1.82, 2.24) is 9.80 Å². The molecule has 25 heavy (non-hydrogen) atoms. The molecule has 0 bridgehead atoms. The molecule has 1 atom stereocenters. The Hall–Kier alpha value is -1.59. The van der Waals surface area contributed by atoms with Crippen molar-refractivity contribution in [2.24, 2.45) is 5.92 Å². The summed E-state index contributed by atoms with van der Waals surface area (Å²) in [5, 5.41) is 0. The predicted molar refractivity (Wildman–Crippen MR) is 98.1 cm³/mol. The van der Waals surface area contributed by atoms with Gasteiger partial charge in [-0.25, -0.2) is 0 Å². The van der Waals surface area contributed by atoms with Crippen LogP contribution in [-0.4, -0.2) is 68.3 Å². The molecule has 2 saturated heterocycles. The third kappa shape index (κ3) is 4.95. The number of hydrogen-bond donors (Lipinski definition) is 0. The molecule has 1 amide bonds. The number of para-hydroxylation sites is 1. The first-order valence-corrected chi connectivity index (χ1v) is 9.59. The monoisotopic (exact) mass is 346 g/mol. The number of hydrogen-bond acceptors (Lipinski definition) is 4. The molecule has 0 aromatic heterocycles. The topological polar surface area (TPSA) is 42.0 Å². The highest BCUT2D eigenvalue weighted by atomic mass is 16.5. The number of carbonyl (C=O) groups is 1. The number of carbonyl (C=O) groups excluding carboxylic acids is 1. The summed E-state index contributed by atoms with van der Waals surface area (Å²) >= 11 is 0. The van der Waals surface area contributed by atoms with Crippen LogP contribution in [0.2, 0.25) is 0 Å². The molecule has 1 aromatic rings. The molecular weight excluding hydrogens is 316 g/mol. The number of ether oxygens (including phenoxy) is 2. The van der Waals surface area contributed by atoms with Crippen LogP contribution < -0.4 is 4.74 Å². The van der Waals surface area contributed by atoms with Crippen molar-refractivity contribution >= 4 is 5.91 Å². The minimum Gasteiger partial charge on any atom is -0.493 e. The zero-order chi connectivity index (χ0) is 17.5. The maximum atomic E-state index is 12.9. The second kappa shape index (κ2) is 9.20. The van der Waals surface area contributed by atoms with E-state index in [9.17, 15) is 4.79 Å². The van der Waals surface area contributed by atoms with E-state index in [0.717, 1.165) is 58.3 Å². The highest BCUT2D eigenvalue weighted by molar-refractivity contribution is 5.97. The lowest BCUT2D eigenvalue weighted by Gasteiger charge is -2.23. The minimum atomic E-state index is 0.0927. The van der Waals surface area contributed by atoms with E-state index in [2.05, 4.69) is 4.90 Å². The Morgan fingerprint density at radius 3 is 2.92 bits per heavy atom. The third-order valence-electron chi connectivity index (χ3n) is 5.17. The van der Waals surface area contributed by atoms with Crippen molar-refractivity contribution in [3.63, 3.8) is 0 Å². The lowest BCUT2D eigenvalue weighted by molar-refractivity contribution is 0.0757. The second-order valence-electron chi connectivity index (χ2n) is 6.93.